The van der Waals surface area contributed by atoms with E-state index in [9.17, 15) is 4.79 Å². The zero-order valence-corrected chi connectivity index (χ0v) is 10.6. The highest BCUT2D eigenvalue weighted by Crippen LogP contribution is 2.20. The normalized spacial score (nSPS) is 9.95. The molecule has 2 N–H and O–H groups in total. The number of hydrogen-bond donors (Lipinski definition) is 1. The third-order valence-corrected chi connectivity index (χ3v) is 2.68. The standard InChI is InChI=1S/C15H15NO3/c1-18-12-6-4-5-11(9-12)10-19-14-8-3-2-7-13(14)15(16)17/h2-9H,10H2,1H3,(H2,16,17). The van der Waals surface area contributed by atoms with Gasteiger partial charge in [0.05, 0.1) is 12.7 Å². The van der Waals surface area contributed by atoms with Crippen LogP contribution in [0.3, 0.4) is 0 Å². The van der Waals surface area contributed by atoms with Crippen LogP contribution in [0.15, 0.2) is 48.5 Å². The molecule has 98 valence electrons. The molecule has 0 saturated carbocycles. The second kappa shape index (κ2) is 5.91. The molecular formula is C15H15NO3. The molecule has 0 bridgehead atoms. The Kier molecular flexibility index (Phi) is 4.03. The highest BCUT2D eigenvalue weighted by Gasteiger charge is 2.08. The lowest BCUT2D eigenvalue weighted by Gasteiger charge is -2.10. The van der Waals surface area contributed by atoms with Crippen molar-refractivity contribution < 1.29 is 14.3 Å². The summed E-state index contributed by atoms with van der Waals surface area (Å²) in [4.78, 5) is 11.3. The first-order valence-corrected chi connectivity index (χ1v) is 5.85. The van der Waals surface area contributed by atoms with Gasteiger partial charge in [0.15, 0.2) is 0 Å². The molecule has 0 unspecified atom stereocenters. The van der Waals surface area contributed by atoms with E-state index in [1.54, 1.807) is 31.4 Å². The summed E-state index contributed by atoms with van der Waals surface area (Å²) < 4.78 is 10.8. The molecule has 2 rings (SSSR count). The summed E-state index contributed by atoms with van der Waals surface area (Å²) in [5.41, 5.74) is 6.63. The first-order valence-electron chi connectivity index (χ1n) is 5.85. The van der Waals surface area contributed by atoms with Crippen molar-refractivity contribution >= 4 is 5.91 Å². The summed E-state index contributed by atoms with van der Waals surface area (Å²) in [5.74, 6) is 0.753. The van der Waals surface area contributed by atoms with Gasteiger partial charge in [-0.1, -0.05) is 24.3 Å². The van der Waals surface area contributed by atoms with Crippen LogP contribution in [0.5, 0.6) is 11.5 Å². The van der Waals surface area contributed by atoms with Crippen molar-refractivity contribution in [1.82, 2.24) is 0 Å². The van der Waals surface area contributed by atoms with Crippen LogP contribution in [0, 0.1) is 0 Å². The Labute approximate surface area is 111 Å². The van der Waals surface area contributed by atoms with Crippen LogP contribution in [-0.2, 0) is 6.61 Å². The highest BCUT2D eigenvalue weighted by molar-refractivity contribution is 5.95. The molecule has 4 nitrogen and oxygen atoms in total. The van der Waals surface area contributed by atoms with Crippen LogP contribution >= 0.6 is 0 Å². The van der Waals surface area contributed by atoms with Crippen molar-refractivity contribution in [2.45, 2.75) is 6.61 Å². The molecule has 0 fully saturated rings. The van der Waals surface area contributed by atoms with Crippen molar-refractivity contribution in [1.29, 1.82) is 0 Å². The van der Waals surface area contributed by atoms with Gasteiger partial charge < -0.3 is 15.2 Å². The number of ether oxygens (including phenoxy) is 2. The zero-order valence-electron chi connectivity index (χ0n) is 10.6. The summed E-state index contributed by atoms with van der Waals surface area (Å²) in [7, 11) is 1.61. The van der Waals surface area contributed by atoms with E-state index in [1.165, 1.54) is 0 Å². The maximum Gasteiger partial charge on any atom is 0.252 e. The molecule has 4 heteroatoms. The van der Waals surface area contributed by atoms with Crippen molar-refractivity contribution in [3.63, 3.8) is 0 Å². The first-order chi connectivity index (χ1) is 9.20. The van der Waals surface area contributed by atoms with Crippen LogP contribution in [0.25, 0.3) is 0 Å². The molecule has 0 heterocycles. The van der Waals surface area contributed by atoms with Crippen LogP contribution in [0.1, 0.15) is 15.9 Å². The smallest absolute Gasteiger partial charge is 0.252 e. The number of carbonyl (C=O) groups is 1. The summed E-state index contributed by atoms with van der Waals surface area (Å²) in [6.45, 7) is 0.349. The fourth-order valence-corrected chi connectivity index (χ4v) is 1.72. The second-order valence-electron chi connectivity index (χ2n) is 4.00. The minimum Gasteiger partial charge on any atom is -0.497 e. The highest BCUT2D eigenvalue weighted by atomic mass is 16.5. The zero-order chi connectivity index (χ0) is 13.7. The molecule has 0 aliphatic carbocycles. The number of amides is 1. The average Bonchev–Trinajstić information content (AvgIpc) is 2.45. The second-order valence-corrected chi connectivity index (χ2v) is 4.00. The van der Waals surface area contributed by atoms with Gasteiger partial charge in [0.2, 0.25) is 0 Å². The van der Waals surface area contributed by atoms with Gasteiger partial charge >= 0.3 is 0 Å². The molecule has 2 aromatic carbocycles. The number of rotatable bonds is 5. The number of hydrogen-bond acceptors (Lipinski definition) is 3. The van der Waals surface area contributed by atoms with Crippen molar-refractivity contribution in [2.24, 2.45) is 5.73 Å². The van der Waals surface area contributed by atoms with Gasteiger partial charge in [-0.2, -0.15) is 0 Å². The number of benzene rings is 2. The van der Waals surface area contributed by atoms with E-state index in [1.807, 2.05) is 24.3 Å². The van der Waals surface area contributed by atoms with Gasteiger partial charge in [0, 0.05) is 0 Å². The Morgan fingerprint density at radius 3 is 2.68 bits per heavy atom. The number of methoxy groups -OCH3 is 1. The van der Waals surface area contributed by atoms with Gasteiger partial charge in [0.1, 0.15) is 18.1 Å². The average molecular weight is 257 g/mol. The van der Waals surface area contributed by atoms with Crippen LogP contribution in [0.2, 0.25) is 0 Å². The maximum absolute atomic E-state index is 11.3. The van der Waals surface area contributed by atoms with Gasteiger partial charge in [-0.15, -0.1) is 0 Å². The van der Waals surface area contributed by atoms with E-state index in [2.05, 4.69) is 0 Å². The lowest BCUT2D eigenvalue weighted by molar-refractivity contribution is 0.0996. The molecule has 0 radical (unpaired) electrons. The van der Waals surface area contributed by atoms with E-state index in [-0.39, 0.29) is 0 Å². The molecule has 19 heavy (non-hydrogen) atoms. The van der Waals surface area contributed by atoms with Crippen molar-refractivity contribution in [3.8, 4) is 11.5 Å². The Bertz CT molecular complexity index is 581. The van der Waals surface area contributed by atoms with Crippen molar-refractivity contribution in [3.05, 3.63) is 59.7 Å². The predicted octanol–water partition coefficient (Wildman–Crippen LogP) is 2.37. The van der Waals surface area contributed by atoms with Crippen LogP contribution in [0.4, 0.5) is 0 Å². The summed E-state index contributed by atoms with van der Waals surface area (Å²) in [5, 5.41) is 0. The Morgan fingerprint density at radius 2 is 1.95 bits per heavy atom. The van der Waals surface area contributed by atoms with E-state index in [4.69, 9.17) is 15.2 Å². The molecule has 0 atom stereocenters. The fraction of sp³-hybridized carbons (Fsp3) is 0.133. The molecule has 1 amide bonds. The van der Waals surface area contributed by atoms with Crippen LogP contribution in [-0.4, -0.2) is 13.0 Å². The minimum absolute atomic E-state index is 0.349. The van der Waals surface area contributed by atoms with E-state index < -0.39 is 5.91 Å². The molecule has 0 saturated heterocycles. The number of carbonyl (C=O) groups excluding carboxylic acids is 1. The van der Waals surface area contributed by atoms with Gasteiger partial charge in [0.25, 0.3) is 5.91 Å². The van der Waals surface area contributed by atoms with E-state index in [0.717, 1.165) is 11.3 Å². The van der Waals surface area contributed by atoms with E-state index >= 15 is 0 Å². The van der Waals surface area contributed by atoms with Crippen LogP contribution < -0.4 is 15.2 Å². The summed E-state index contributed by atoms with van der Waals surface area (Å²) in [6.07, 6.45) is 0. The SMILES string of the molecule is COc1cccc(COc2ccccc2C(N)=O)c1. The molecule has 0 aliphatic rings. The number of nitrogens with two attached hydrogens (primary N) is 1. The van der Waals surface area contributed by atoms with Gasteiger partial charge in [-0.25, -0.2) is 0 Å². The quantitative estimate of drug-likeness (QED) is 0.894. The fourth-order valence-electron chi connectivity index (χ4n) is 1.72. The molecule has 0 aromatic heterocycles. The number of para-hydroxylation sites is 1. The third-order valence-electron chi connectivity index (χ3n) is 2.68. The first kappa shape index (κ1) is 13.0. The Morgan fingerprint density at radius 1 is 1.16 bits per heavy atom. The number of primary amides is 1. The lowest BCUT2D eigenvalue weighted by atomic mass is 10.2. The topological polar surface area (TPSA) is 61.6 Å². The third kappa shape index (κ3) is 3.25. The van der Waals surface area contributed by atoms with Gasteiger partial charge in [-0.05, 0) is 29.8 Å². The molecular weight excluding hydrogens is 242 g/mol. The molecule has 0 aliphatic heterocycles. The molecule has 0 spiro atoms. The Hall–Kier alpha value is -2.49. The molecule has 2 aromatic rings. The lowest BCUT2D eigenvalue weighted by Crippen LogP contribution is -2.12. The maximum atomic E-state index is 11.3. The summed E-state index contributed by atoms with van der Waals surface area (Å²) >= 11 is 0. The van der Waals surface area contributed by atoms with E-state index in [0.29, 0.717) is 17.9 Å². The Balaban J connectivity index is 2.12. The summed E-state index contributed by atoms with van der Waals surface area (Å²) in [6, 6.07) is 14.5. The largest absolute Gasteiger partial charge is 0.497 e. The monoisotopic (exact) mass is 257 g/mol. The minimum atomic E-state index is -0.499. The van der Waals surface area contributed by atoms with Crippen molar-refractivity contribution in [2.75, 3.05) is 7.11 Å². The predicted molar refractivity (Wildman–Crippen MR) is 72.3 cm³/mol. The van der Waals surface area contributed by atoms with Gasteiger partial charge in [-0.3, -0.25) is 4.79 Å².